The number of hydrogen-bond acceptors (Lipinski definition) is 4. The summed E-state index contributed by atoms with van der Waals surface area (Å²) in [6.45, 7) is 3.23. The van der Waals surface area contributed by atoms with Gasteiger partial charge in [0.05, 0.1) is 18.5 Å². The highest BCUT2D eigenvalue weighted by Gasteiger charge is 2.27. The molecule has 0 spiro atoms. The highest BCUT2D eigenvalue weighted by molar-refractivity contribution is 7.99. The van der Waals surface area contributed by atoms with Gasteiger partial charge in [-0.2, -0.15) is 5.10 Å². The van der Waals surface area contributed by atoms with Crippen molar-refractivity contribution < 1.29 is 13.5 Å². The van der Waals surface area contributed by atoms with Gasteiger partial charge in [-0.3, -0.25) is 4.68 Å². The van der Waals surface area contributed by atoms with Crippen LogP contribution in [0.1, 0.15) is 28.5 Å². The molecule has 0 aliphatic carbocycles. The Morgan fingerprint density at radius 3 is 2.70 bits per heavy atom. The first kappa shape index (κ1) is 21.0. The second kappa shape index (κ2) is 8.47. The van der Waals surface area contributed by atoms with Gasteiger partial charge in [0.25, 0.3) is 0 Å². The Kier molecular flexibility index (Phi) is 5.93. The summed E-state index contributed by atoms with van der Waals surface area (Å²) in [5.74, 6) is -0.353. The van der Waals surface area contributed by atoms with E-state index in [0.717, 1.165) is 33.7 Å². The second-order valence-corrected chi connectivity index (χ2v) is 8.90. The van der Waals surface area contributed by atoms with Crippen LogP contribution in [0.3, 0.4) is 0 Å². The summed E-state index contributed by atoms with van der Waals surface area (Å²) >= 11 is 8.04. The Morgan fingerprint density at radius 2 is 2.03 bits per heavy atom. The third kappa shape index (κ3) is 4.01. The van der Waals surface area contributed by atoms with Gasteiger partial charge in [0, 0.05) is 47.5 Å². The minimum atomic E-state index is -0.569. The number of nitrogens with zero attached hydrogens (tertiary/aromatic N) is 3. The number of aromatic nitrogens is 2. The van der Waals surface area contributed by atoms with Gasteiger partial charge in [0.1, 0.15) is 22.5 Å². The third-order valence-corrected chi connectivity index (χ3v) is 7.19. The van der Waals surface area contributed by atoms with E-state index in [4.69, 9.17) is 16.3 Å². The van der Waals surface area contributed by atoms with Gasteiger partial charge >= 0.3 is 0 Å². The first-order valence-electron chi connectivity index (χ1n) is 9.60. The van der Waals surface area contributed by atoms with Crippen LogP contribution in [0.15, 0.2) is 41.3 Å². The van der Waals surface area contributed by atoms with Crippen molar-refractivity contribution in [1.29, 1.82) is 0 Å². The molecule has 0 saturated carbocycles. The predicted molar refractivity (Wildman–Crippen MR) is 117 cm³/mol. The molecule has 0 radical (unpaired) electrons. The smallest absolute Gasteiger partial charge is 0.131 e. The van der Waals surface area contributed by atoms with Crippen LogP contribution in [-0.4, -0.2) is 23.4 Å². The summed E-state index contributed by atoms with van der Waals surface area (Å²) in [4.78, 5) is 3.22. The molecule has 8 heteroatoms. The molecule has 0 amide bonds. The summed E-state index contributed by atoms with van der Waals surface area (Å²) in [5, 5.41) is 4.88. The number of rotatable bonds is 4. The van der Waals surface area contributed by atoms with Crippen LogP contribution in [0, 0.1) is 18.6 Å². The Hall–Kier alpha value is -2.25. The number of aryl methyl sites for hydroxylation is 2. The average molecular weight is 450 g/mol. The topological polar surface area (TPSA) is 30.3 Å². The lowest BCUT2D eigenvalue weighted by Crippen LogP contribution is -2.24. The Morgan fingerprint density at radius 1 is 1.23 bits per heavy atom. The van der Waals surface area contributed by atoms with Crippen molar-refractivity contribution in [3.63, 3.8) is 0 Å². The zero-order valence-electron chi connectivity index (χ0n) is 17.0. The van der Waals surface area contributed by atoms with Gasteiger partial charge in [0.2, 0.25) is 0 Å². The van der Waals surface area contributed by atoms with E-state index in [-0.39, 0.29) is 5.25 Å². The molecule has 1 atom stereocenters. The van der Waals surface area contributed by atoms with Crippen molar-refractivity contribution in [2.24, 2.45) is 7.05 Å². The van der Waals surface area contributed by atoms with Gasteiger partial charge in [-0.05, 0) is 37.6 Å². The lowest BCUT2D eigenvalue weighted by molar-refractivity contribution is 0.413. The summed E-state index contributed by atoms with van der Waals surface area (Å²) in [6.07, 6.45) is 0.696. The van der Waals surface area contributed by atoms with Crippen LogP contribution in [-0.2, 0) is 13.6 Å². The first-order chi connectivity index (χ1) is 14.4. The van der Waals surface area contributed by atoms with Gasteiger partial charge in [-0.15, -0.1) is 11.8 Å². The molecule has 4 nitrogen and oxygen atoms in total. The highest BCUT2D eigenvalue weighted by Crippen LogP contribution is 2.47. The average Bonchev–Trinajstić information content (AvgIpc) is 2.87. The summed E-state index contributed by atoms with van der Waals surface area (Å²) in [5.41, 5.74) is 3.39. The fourth-order valence-electron chi connectivity index (χ4n) is 3.77. The molecule has 158 valence electrons. The van der Waals surface area contributed by atoms with Crippen molar-refractivity contribution >= 4 is 29.1 Å². The minimum Gasteiger partial charge on any atom is -0.497 e. The number of anilines is 1. The van der Waals surface area contributed by atoms with Gasteiger partial charge in [0.15, 0.2) is 0 Å². The molecule has 1 aliphatic heterocycles. The summed E-state index contributed by atoms with van der Waals surface area (Å²) in [6, 6.07) is 9.70. The molecular weight excluding hydrogens is 428 g/mol. The zero-order valence-corrected chi connectivity index (χ0v) is 18.5. The second-order valence-electron chi connectivity index (χ2n) is 7.29. The highest BCUT2D eigenvalue weighted by atomic mass is 35.5. The summed E-state index contributed by atoms with van der Waals surface area (Å²) in [7, 11) is 3.44. The molecule has 0 N–H and O–H groups in total. The van der Waals surface area contributed by atoms with E-state index in [1.807, 2.05) is 32.2 Å². The van der Waals surface area contributed by atoms with Gasteiger partial charge in [-0.1, -0.05) is 17.7 Å². The molecule has 4 rings (SSSR count). The fourth-order valence-corrected chi connectivity index (χ4v) is 5.36. The molecule has 1 aromatic heterocycles. The van der Waals surface area contributed by atoms with Crippen molar-refractivity contribution in [3.05, 3.63) is 70.0 Å². The van der Waals surface area contributed by atoms with Crippen LogP contribution in [0.2, 0.25) is 5.15 Å². The Bertz CT molecular complexity index is 1090. The van der Waals surface area contributed by atoms with E-state index < -0.39 is 11.6 Å². The maximum atomic E-state index is 14.5. The number of ether oxygens (including phenoxy) is 1. The number of fused-ring (bicyclic) bond motifs is 1. The number of halogens is 3. The first-order valence-corrected chi connectivity index (χ1v) is 10.9. The number of thioether (sulfide) groups is 1. The van der Waals surface area contributed by atoms with Crippen LogP contribution < -0.4 is 9.64 Å². The maximum Gasteiger partial charge on any atom is 0.131 e. The van der Waals surface area contributed by atoms with Crippen LogP contribution >= 0.6 is 23.4 Å². The molecule has 1 unspecified atom stereocenters. The zero-order chi connectivity index (χ0) is 21.4. The molecule has 1 aliphatic rings. The molecule has 3 aromatic rings. The number of benzene rings is 2. The molecule has 30 heavy (non-hydrogen) atoms. The monoisotopic (exact) mass is 449 g/mol. The third-order valence-electron chi connectivity index (χ3n) is 5.37. The van der Waals surface area contributed by atoms with Crippen LogP contribution in [0.25, 0.3) is 0 Å². The normalized spacial score (nSPS) is 16.3. The van der Waals surface area contributed by atoms with Crippen LogP contribution in [0.4, 0.5) is 14.5 Å². The SMILES string of the molecule is COc1ccc2c(c1)SC(c1ccc(F)cc1F)CCN2Cc1c(C)nn(C)c1Cl. The quantitative estimate of drug-likeness (QED) is 0.495. The van der Waals surface area contributed by atoms with E-state index in [2.05, 4.69) is 10.00 Å². The predicted octanol–water partition coefficient (Wildman–Crippen LogP) is 5.91. The lowest BCUT2D eigenvalue weighted by atomic mass is 10.1. The molecular formula is C22H22ClF2N3OS. The van der Waals surface area contributed by atoms with E-state index in [0.29, 0.717) is 30.2 Å². The maximum absolute atomic E-state index is 14.5. The molecule has 2 heterocycles. The van der Waals surface area contributed by atoms with E-state index in [1.165, 1.54) is 6.07 Å². The largest absolute Gasteiger partial charge is 0.497 e. The summed E-state index contributed by atoms with van der Waals surface area (Å²) < 4.78 is 35.0. The molecule has 0 bridgehead atoms. The van der Waals surface area contributed by atoms with Gasteiger partial charge < -0.3 is 9.64 Å². The van der Waals surface area contributed by atoms with Crippen molar-refractivity contribution in [3.8, 4) is 5.75 Å². The molecule has 2 aromatic carbocycles. The van der Waals surface area contributed by atoms with E-state index in [9.17, 15) is 8.78 Å². The van der Waals surface area contributed by atoms with E-state index >= 15 is 0 Å². The minimum absolute atomic E-state index is 0.146. The fraction of sp³-hybridized carbons (Fsp3) is 0.318. The van der Waals surface area contributed by atoms with Crippen LogP contribution in [0.5, 0.6) is 5.75 Å². The van der Waals surface area contributed by atoms with Crippen molar-refractivity contribution in [1.82, 2.24) is 9.78 Å². The Balaban J connectivity index is 1.72. The lowest BCUT2D eigenvalue weighted by Gasteiger charge is -2.25. The number of hydrogen-bond donors (Lipinski definition) is 0. The Labute approximate surface area is 183 Å². The van der Waals surface area contributed by atoms with Crippen molar-refractivity contribution in [2.75, 3.05) is 18.6 Å². The molecule has 0 saturated heterocycles. The standard InChI is InChI=1S/C22H22ClF2N3OS/c1-13-17(22(23)27(2)26-13)12-28-9-8-20(16-6-4-14(24)10-18(16)25)30-21-11-15(29-3)5-7-19(21)28/h4-7,10-11,20H,8-9,12H2,1-3H3. The number of methoxy groups -OCH3 is 1. The molecule has 0 fully saturated rings. The van der Waals surface area contributed by atoms with E-state index in [1.54, 1.807) is 29.6 Å². The van der Waals surface area contributed by atoms with Crippen molar-refractivity contribution in [2.45, 2.75) is 30.0 Å². The van der Waals surface area contributed by atoms with Gasteiger partial charge in [-0.25, -0.2) is 8.78 Å².